The zero-order valence-corrected chi connectivity index (χ0v) is 11.6. The first-order valence-corrected chi connectivity index (χ1v) is 7.06. The fourth-order valence-electron chi connectivity index (χ4n) is 2.96. The highest BCUT2D eigenvalue weighted by Crippen LogP contribution is 2.33. The van der Waals surface area contributed by atoms with E-state index in [9.17, 15) is 0 Å². The Morgan fingerprint density at radius 1 is 1.10 bits per heavy atom. The molecule has 2 heteroatoms. The molecule has 1 N–H and O–H groups in total. The van der Waals surface area contributed by atoms with Gasteiger partial charge in [0.25, 0.3) is 0 Å². The molecular formula is C19H15NO. The van der Waals surface area contributed by atoms with Crippen molar-refractivity contribution in [2.75, 3.05) is 5.32 Å². The zero-order chi connectivity index (χ0) is 14.2. The highest BCUT2D eigenvalue weighted by Gasteiger charge is 2.19. The molecule has 21 heavy (non-hydrogen) atoms. The third-order valence-corrected chi connectivity index (χ3v) is 3.86. The SMILES string of the molecule is C=CCC1=c2c(ccc3c2=CC=CN3)-c2ccccc2O1. The fourth-order valence-corrected chi connectivity index (χ4v) is 2.96. The molecule has 102 valence electrons. The largest absolute Gasteiger partial charge is 0.460 e. The van der Waals surface area contributed by atoms with Crippen LogP contribution in [0.25, 0.3) is 23.0 Å². The minimum Gasteiger partial charge on any atom is -0.460 e. The number of fused-ring (bicyclic) bond motifs is 5. The van der Waals surface area contributed by atoms with Gasteiger partial charge in [0.2, 0.25) is 0 Å². The number of hydrogen-bond donors (Lipinski definition) is 1. The van der Waals surface area contributed by atoms with Gasteiger partial charge in [-0.1, -0.05) is 36.4 Å². The van der Waals surface area contributed by atoms with E-state index in [1.807, 2.05) is 36.6 Å². The second-order valence-electron chi connectivity index (χ2n) is 5.13. The van der Waals surface area contributed by atoms with Gasteiger partial charge < -0.3 is 10.1 Å². The molecule has 0 amide bonds. The van der Waals surface area contributed by atoms with Crippen LogP contribution in [-0.2, 0) is 0 Å². The number of ether oxygens (including phenoxy) is 1. The van der Waals surface area contributed by atoms with E-state index in [1.54, 1.807) is 0 Å². The summed E-state index contributed by atoms with van der Waals surface area (Å²) in [7, 11) is 0. The van der Waals surface area contributed by atoms with Crippen LogP contribution in [0, 0.1) is 0 Å². The smallest absolute Gasteiger partial charge is 0.134 e. The lowest BCUT2D eigenvalue weighted by atomic mass is 9.95. The summed E-state index contributed by atoms with van der Waals surface area (Å²) in [6.07, 6.45) is 8.70. The average Bonchev–Trinajstić information content (AvgIpc) is 2.54. The molecule has 0 saturated carbocycles. The van der Waals surface area contributed by atoms with Gasteiger partial charge in [0.05, 0.1) is 0 Å². The molecular weight excluding hydrogens is 258 g/mol. The van der Waals surface area contributed by atoms with E-state index in [1.165, 1.54) is 16.0 Å². The Morgan fingerprint density at radius 2 is 2.00 bits per heavy atom. The van der Waals surface area contributed by atoms with Crippen molar-refractivity contribution in [2.45, 2.75) is 6.42 Å². The Hall–Kier alpha value is -2.74. The van der Waals surface area contributed by atoms with Gasteiger partial charge in [0.15, 0.2) is 0 Å². The first-order chi connectivity index (χ1) is 10.4. The van der Waals surface area contributed by atoms with Gasteiger partial charge in [-0.25, -0.2) is 0 Å². The van der Waals surface area contributed by atoms with Crippen molar-refractivity contribution in [1.82, 2.24) is 0 Å². The predicted molar refractivity (Wildman–Crippen MR) is 87.2 cm³/mol. The van der Waals surface area contributed by atoms with Crippen molar-refractivity contribution < 1.29 is 4.74 Å². The topological polar surface area (TPSA) is 21.3 Å². The first-order valence-electron chi connectivity index (χ1n) is 7.06. The van der Waals surface area contributed by atoms with Gasteiger partial charge in [-0.05, 0) is 23.8 Å². The van der Waals surface area contributed by atoms with Gasteiger partial charge in [-0.3, -0.25) is 0 Å². The molecule has 0 aromatic heterocycles. The molecule has 0 saturated heterocycles. The molecule has 0 radical (unpaired) electrons. The lowest BCUT2D eigenvalue weighted by molar-refractivity contribution is 0.492. The van der Waals surface area contributed by atoms with Crippen LogP contribution in [0.2, 0.25) is 0 Å². The lowest BCUT2D eigenvalue weighted by Gasteiger charge is -2.21. The summed E-state index contributed by atoms with van der Waals surface area (Å²) in [6, 6.07) is 12.5. The van der Waals surface area contributed by atoms with Gasteiger partial charge in [0.1, 0.15) is 11.5 Å². The third-order valence-electron chi connectivity index (χ3n) is 3.86. The molecule has 0 spiro atoms. The second kappa shape index (κ2) is 4.67. The standard InChI is InChI=1S/C19H15NO/c1-2-6-18-19-14(13-7-3-4-9-17(13)21-18)10-11-16-15(19)8-5-12-20-16/h2-5,7-12,20H,1,6H2. The van der Waals surface area contributed by atoms with Gasteiger partial charge in [0, 0.05) is 34.3 Å². The van der Waals surface area contributed by atoms with Crippen LogP contribution < -0.4 is 20.5 Å². The van der Waals surface area contributed by atoms with Crippen LogP contribution >= 0.6 is 0 Å². The van der Waals surface area contributed by atoms with Gasteiger partial charge in [-0.15, -0.1) is 6.58 Å². The van der Waals surface area contributed by atoms with Crippen LogP contribution in [0.4, 0.5) is 5.69 Å². The summed E-state index contributed by atoms with van der Waals surface area (Å²) < 4.78 is 6.14. The monoisotopic (exact) mass is 273 g/mol. The van der Waals surface area contributed by atoms with Crippen molar-refractivity contribution in [3.05, 3.63) is 71.8 Å². The Labute approximate surface area is 123 Å². The number of hydrogen-bond acceptors (Lipinski definition) is 2. The zero-order valence-electron chi connectivity index (χ0n) is 11.6. The maximum absolute atomic E-state index is 6.14. The van der Waals surface area contributed by atoms with E-state index in [0.29, 0.717) is 0 Å². The van der Waals surface area contributed by atoms with Crippen LogP contribution in [0.15, 0.2) is 61.3 Å². The minimum absolute atomic E-state index is 0.718. The van der Waals surface area contributed by atoms with Crippen molar-refractivity contribution >= 4 is 17.5 Å². The number of para-hydroxylation sites is 1. The van der Waals surface area contributed by atoms with E-state index in [0.717, 1.165) is 29.2 Å². The van der Waals surface area contributed by atoms with Crippen LogP contribution in [-0.4, -0.2) is 0 Å². The number of allylic oxidation sites excluding steroid dienone is 1. The van der Waals surface area contributed by atoms with Crippen molar-refractivity contribution in [3.63, 3.8) is 0 Å². The van der Waals surface area contributed by atoms with Crippen molar-refractivity contribution in [1.29, 1.82) is 0 Å². The Morgan fingerprint density at radius 3 is 2.90 bits per heavy atom. The molecule has 2 aromatic rings. The summed E-state index contributed by atoms with van der Waals surface area (Å²) in [5.74, 6) is 1.88. The summed E-state index contributed by atoms with van der Waals surface area (Å²) in [5.41, 5.74) is 3.48. The molecule has 0 fully saturated rings. The summed E-state index contributed by atoms with van der Waals surface area (Å²) >= 11 is 0. The Kier molecular flexibility index (Phi) is 2.68. The minimum atomic E-state index is 0.718. The van der Waals surface area contributed by atoms with Crippen molar-refractivity contribution in [3.8, 4) is 16.9 Å². The van der Waals surface area contributed by atoms with Crippen LogP contribution in [0.3, 0.4) is 0 Å². The average molecular weight is 273 g/mol. The van der Waals surface area contributed by atoms with E-state index < -0.39 is 0 Å². The molecule has 0 bridgehead atoms. The highest BCUT2D eigenvalue weighted by atomic mass is 16.5. The highest BCUT2D eigenvalue weighted by molar-refractivity contribution is 5.79. The molecule has 0 unspecified atom stereocenters. The Balaban J connectivity index is 2.15. The molecule has 2 nitrogen and oxygen atoms in total. The summed E-state index contributed by atoms with van der Waals surface area (Å²) in [5, 5.41) is 5.64. The quantitative estimate of drug-likeness (QED) is 0.849. The number of anilines is 1. The molecule has 2 aromatic carbocycles. The van der Waals surface area contributed by atoms with Gasteiger partial charge >= 0.3 is 0 Å². The van der Waals surface area contributed by atoms with E-state index in [2.05, 4.69) is 36.2 Å². The van der Waals surface area contributed by atoms with Crippen molar-refractivity contribution in [2.24, 2.45) is 0 Å². The number of nitrogens with one attached hydrogen (secondary N) is 1. The number of rotatable bonds is 2. The molecule has 2 aliphatic rings. The molecule has 2 aliphatic heterocycles. The fraction of sp³-hybridized carbons (Fsp3) is 0.0526. The van der Waals surface area contributed by atoms with Gasteiger partial charge in [-0.2, -0.15) is 0 Å². The number of benzene rings is 2. The van der Waals surface area contributed by atoms with Crippen LogP contribution in [0.1, 0.15) is 6.42 Å². The normalized spacial score (nSPS) is 14.0. The summed E-state index contributed by atoms with van der Waals surface area (Å²) in [6.45, 7) is 3.86. The molecule has 0 atom stereocenters. The predicted octanol–water partition coefficient (Wildman–Crippen LogP) is 3.15. The van der Waals surface area contributed by atoms with E-state index in [-0.39, 0.29) is 0 Å². The summed E-state index contributed by atoms with van der Waals surface area (Å²) in [4.78, 5) is 0. The molecule has 4 rings (SSSR count). The maximum Gasteiger partial charge on any atom is 0.134 e. The van der Waals surface area contributed by atoms with Crippen LogP contribution in [0.5, 0.6) is 5.75 Å². The third kappa shape index (κ3) is 1.80. The first kappa shape index (κ1) is 12.0. The Bertz CT molecular complexity index is 890. The maximum atomic E-state index is 6.14. The molecule has 2 heterocycles. The molecule has 0 aliphatic carbocycles. The van der Waals surface area contributed by atoms with E-state index in [4.69, 9.17) is 4.74 Å². The lowest BCUT2D eigenvalue weighted by Crippen LogP contribution is -2.35. The van der Waals surface area contributed by atoms with E-state index >= 15 is 0 Å². The second-order valence-corrected chi connectivity index (χ2v) is 5.13.